The molecule has 0 spiro atoms. The second-order valence-electron chi connectivity index (χ2n) is 5.88. The van der Waals surface area contributed by atoms with Gasteiger partial charge in [0.25, 0.3) is 11.2 Å². The van der Waals surface area contributed by atoms with Crippen molar-refractivity contribution in [3.05, 3.63) is 43.7 Å². The molecule has 152 valence electrons. The van der Waals surface area contributed by atoms with Crippen molar-refractivity contribution < 1.29 is 19.9 Å². The van der Waals surface area contributed by atoms with Crippen LogP contribution in [0.3, 0.4) is 0 Å². The zero-order valence-corrected chi connectivity index (χ0v) is 15.7. The van der Waals surface area contributed by atoms with Gasteiger partial charge >= 0.3 is 0 Å². The fourth-order valence-corrected chi connectivity index (χ4v) is 2.47. The van der Waals surface area contributed by atoms with Crippen LogP contribution >= 0.6 is 0 Å². The Morgan fingerprint density at radius 2 is 2.07 bits per heavy atom. The molecule has 1 amide bonds. The zero-order valence-electron chi connectivity index (χ0n) is 15.7. The van der Waals surface area contributed by atoms with Gasteiger partial charge in [-0.05, 0) is 6.92 Å². The fraction of sp³-hybridized carbons (Fsp3) is 0.167. The van der Waals surface area contributed by atoms with E-state index in [-0.39, 0.29) is 29.0 Å². The lowest BCUT2D eigenvalue weighted by Gasteiger charge is -2.11. The van der Waals surface area contributed by atoms with Gasteiger partial charge in [0.2, 0.25) is 11.8 Å². The average molecular weight is 410 g/mol. The number of aromatic nitrogens is 1. The van der Waals surface area contributed by atoms with Crippen LogP contribution in [0, 0.1) is 40.7 Å². The maximum atomic E-state index is 12.2. The molecule has 0 saturated heterocycles. The number of carbonyl (C=O) groups excluding carboxylic acids is 1. The van der Waals surface area contributed by atoms with Gasteiger partial charge in [0.15, 0.2) is 11.4 Å². The van der Waals surface area contributed by atoms with E-state index < -0.39 is 39.4 Å². The first-order valence-electron chi connectivity index (χ1n) is 8.13. The number of hydrogen-bond donors (Lipinski definition) is 3. The number of benzene rings is 1. The molecule has 0 radical (unpaired) electrons. The van der Waals surface area contributed by atoms with Crippen molar-refractivity contribution in [3.63, 3.8) is 0 Å². The molecule has 30 heavy (non-hydrogen) atoms. The number of pyridine rings is 1. The lowest BCUT2D eigenvalue weighted by atomic mass is 10.1. The fourth-order valence-electron chi connectivity index (χ4n) is 2.47. The van der Waals surface area contributed by atoms with E-state index in [0.29, 0.717) is 0 Å². The maximum absolute atomic E-state index is 12.2. The Hall–Kier alpha value is -4.71. The summed E-state index contributed by atoms with van der Waals surface area (Å²) in [6, 6.07) is 3.51. The lowest BCUT2D eigenvalue weighted by molar-refractivity contribution is -0.384. The van der Waals surface area contributed by atoms with Gasteiger partial charge in [-0.25, -0.2) is 0 Å². The number of rotatable bonds is 5. The van der Waals surface area contributed by atoms with Crippen LogP contribution in [0.1, 0.15) is 18.1 Å². The first-order valence-corrected chi connectivity index (χ1v) is 8.13. The number of nitro benzene ring substituents is 1. The van der Waals surface area contributed by atoms with Gasteiger partial charge in [0.1, 0.15) is 17.3 Å². The van der Waals surface area contributed by atoms with Crippen LogP contribution < -0.4 is 10.9 Å². The number of terminal acetylenes is 1. The van der Waals surface area contributed by atoms with Crippen LogP contribution in [0.4, 0.5) is 22.7 Å². The molecule has 0 bridgehead atoms. The number of nitro groups is 1. The van der Waals surface area contributed by atoms with Crippen LogP contribution in [0.5, 0.6) is 11.6 Å². The Kier molecular flexibility index (Phi) is 6.14. The number of anilines is 1. The smallest absolute Gasteiger partial charge is 0.274 e. The molecule has 0 aliphatic heterocycles. The summed E-state index contributed by atoms with van der Waals surface area (Å²) in [5, 5.41) is 50.6. The minimum atomic E-state index is -0.824. The first-order chi connectivity index (χ1) is 14.1. The Balaban J connectivity index is 2.72. The molecule has 0 aliphatic carbocycles. The number of azo groups is 1. The highest BCUT2D eigenvalue weighted by atomic mass is 16.6. The Morgan fingerprint density at radius 1 is 1.40 bits per heavy atom. The van der Waals surface area contributed by atoms with Gasteiger partial charge in [0, 0.05) is 24.6 Å². The largest absolute Gasteiger partial charge is 0.504 e. The minimum absolute atomic E-state index is 0.0102. The number of carbonyl (C=O) groups is 1. The van der Waals surface area contributed by atoms with Crippen molar-refractivity contribution in [2.45, 2.75) is 20.4 Å². The number of non-ortho nitro benzene ring substituents is 1. The normalized spacial score (nSPS) is 10.4. The number of aromatic hydroxyl groups is 2. The number of nitriles is 1. The SMILES string of the molecule is C#CCn1c(O)c(/N=N/c2cc([N+](=O)[O-])cc(NC(C)=O)c2O)c(C)c(C#N)c1=O. The van der Waals surface area contributed by atoms with Crippen LogP contribution in [0.15, 0.2) is 27.2 Å². The first kappa shape index (κ1) is 21.6. The van der Waals surface area contributed by atoms with Gasteiger partial charge in [0.05, 0.1) is 17.2 Å². The van der Waals surface area contributed by atoms with Gasteiger partial charge < -0.3 is 15.5 Å². The molecule has 12 nitrogen and oxygen atoms in total. The third kappa shape index (κ3) is 4.07. The summed E-state index contributed by atoms with van der Waals surface area (Å²) in [5.74, 6) is 0.271. The second kappa shape index (κ2) is 8.53. The molecule has 0 fully saturated rings. The lowest BCUT2D eigenvalue weighted by Crippen LogP contribution is -2.23. The van der Waals surface area contributed by atoms with Gasteiger partial charge in [-0.1, -0.05) is 5.92 Å². The zero-order chi connectivity index (χ0) is 22.6. The van der Waals surface area contributed by atoms with Crippen LogP contribution in [-0.2, 0) is 11.3 Å². The molecular formula is C18H14N6O6. The maximum Gasteiger partial charge on any atom is 0.274 e. The van der Waals surface area contributed by atoms with Crippen molar-refractivity contribution in [2.24, 2.45) is 10.2 Å². The van der Waals surface area contributed by atoms with Gasteiger partial charge in [-0.15, -0.1) is 16.7 Å². The number of phenolic OH excluding ortho intramolecular Hbond substituents is 1. The molecule has 1 aromatic carbocycles. The van der Waals surface area contributed by atoms with Crippen LogP contribution in [0.2, 0.25) is 0 Å². The third-order valence-corrected chi connectivity index (χ3v) is 3.87. The number of nitrogens with one attached hydrogen (secondary N) is 1. The predicted octanol–water partition coefficient (Wildman–Crippen LogP) is 2.35. The second-order valence-corrected chi connectivity index (χ2v) is 5.88. The van der Waals surface area contributed by atoms with Crippen molar-refractivity contribution in [3.8, 4) is 30.0 Å². The third-order valence-electron chi connectivity index (χ3n) is 3.87. The minimum Gasteiger partial charge on any atom is -0.504 e. The molecule has 3 N–H and O–H groups in total. The van der Waals surface area contributed by atoms with E-state index in [1.807, 2.05) is 0 Å². The van der Waals surface area contributed by atoms with Crippen molar-refractivity contribution in [1.29, 1.82) is 5.26 Å². The van der Waals surface area contributed by atoms with Gasteiger partial charge in [-0.3, -0.25) is 24.3 Å². The van der Waals surface area contributed by atoms with E-state index in [1.54, 1.807) is 6.07 Å². The summed E-state index contributed by atoms with van der Waals surface area (Å²) in [6.07, 6.45) is 5.18. The number of phenols is 1. The molecule has 1 heterocycles. The summed E-state index contributed by atoms with van der Waals surface area (Å²) in [6.45, 7) is 2.13. The van der Waals surface area contributed by atoms with Crippen LogP contribution in [-0.4, -0.2) is 25.6 Å². The van der Waals surface area contributed by atoms with Gasteiger partial charge in [-0.2, -0.15) is 5.26 Å². The topological polar surface area (TPSA) is 183 Å². The Morgan fingerprint density at radius 3 is 2.60 bits per heavy atom. The molecule has 0 atom stereocenters. The summed E-state index contributed by atoms with van der Waals surface area (Å²) in [5.41, 5.74) is -2.64. The molecular weight excluding hydrogens is 396 g/mol. The summed E-state index contributed by atoms with van der Waals surface area (Å²) in [7, 11) is 0. The molecule has 1 aromatic heterocycles. The highest BCUT2D eigenvalue weighted by Gasteiger charge is 2.20. The van der Waals surface area contributed by atoms with E-state index >= 15 is 0 Å². The van der Waals surface area contributed by atoms with Crippen LogP contribution in [0.25, 0.3) is 0 Å². The van der Waals surface area contributed by atoms with Crippen molar-refractivity contribution in [1.82, 2.24) is 4.57 Å². The van der Waals surface area contributed by atoms with E-state index in [1.165, 1.54) is 6.92 Å². The summed E-state index contributed by atoms with van der Waals surface area (Å²) >= 11 is 0. The Bertz CT molecular complexity index is 1230. The van der Waals surface area contributed by atoms with Crippen molar-refractivity contribution >= 4 is 28.7 Å². The highest BCUT2D eigenvalue weighted by molar-refractivity contribution is 5.92. The van der Waals surface area contributed by atoms with E-state index in [4.69, 9.17) is 6.42 Å². The quantitative estimate of drug-likeness (QED) is 0.222. The molecule has 2 rings (SSSR count). The predicted molar refractivity (Wildman–Crippen MR) is 104 cm³/mol. The van der Waals surface area contributed by atoms with E-state index in [9.17, 15) is 35.2 Å². The molecule has 12 heteroatoms. The summed E-state index contributed by atoms with van der Waals surface area (Å²) in [4.78, 5) is 33.9. The van der Waals surface area contributed by atoms with E-state index in [0.717, 1.165) is 23.6 Å². The number of hydrogen-bond acceptors (Lipinski definition) is 9. The van der Waals surface area contributed by atoms with E-state index in [2.05, 4.69) is 21.5 Å². The average Bonchev–Trinajstić information content (AvgIpc) is 2.67. The monoisotopic (exact) mass is 410 g/mol. The molecule has 0 aliphatic rings. The number of nitrogens with zero attached hydrogens (tertiary/aromatic N) is 5. The molecule has 0 unspecified atom stereocenters. The number of amides is 1. The highest BCUT2D eigenvalue weighted by Crippen LogP contribution is 2.40. The summed E-state index contributed by atoms with van der Waals surface area (Å²) < 4.78 is 0.732. The van der Waals surface area contributed by atoms with Crippen molar-refractivity contribution in [2.75, 3.05) is 5.32 Å². The standard InChI is InChI=1S/C18H14N6O6/c1-4-5-23-17(27)12(8-19)9(2)15(18(23)28)22-21-14-7-11(24(29)30)6-13(16(14)26)20-10(3)25/h1,6-7,26,28H,5H2,2-3H3,(H,20,25)/b22-21+. The molecule has 2 aromatic rings. The Labute approximate surface area is 168 Å². The molecule has 0 saturated carbocycles.